The van der Waals surface area contributed by atoms with Gasteiger partial charge in [0, 0.05) is 18.8 Å². The molecular formula is C14H15ClN2O2. The maximum Gasteiger partial charge on any atom is 0.310 e. The van der Waals surface area contributed by atoms with Crippen molar-refractivity contribution in [2.75, 3.05) is 25.1 Å². The summed E-state index contributed by atoms with van der Waals surface area (Å²) in [4.78, 5) is 13.7. The Hall–Kier alpha value is -1.73. The molecule has 100 valence electrons. The van der Waals surface area contributed by atoms with Gasteiger partial charge < -0.3 is 9.64 Å². The van der Waals surface area contributed by atoms with E-state index in [4.69, 9.17) is 21.6 Å². The Morgan fingerprint density at radius 2 is 2.37 bits per heavy atom. The lowest BCUT2D eigenvalue weighted by molar-refractivity contribution is -0.145. The van der Waals surface area contributed by atoms with Gasteiger partial charge in [0.1, 0.15) is 6.07 Å². The second-order valence-corrected chi connectivity index (χ2v) is 4.99. The van der Waals surface area contributed by atoms with Crippen molar-refractivity contribution in [1.29, 1.82) is 5.26 Å². The molecule has 0 radical (unpaired) electrons. The molecule has 0 amide bonds. The van der Waals surface area contributed by atoms with Gasteiger partial charge in [-0.25, -0.2) is 0 Å². The van der Waals surface area contributed by atoms with Crippen LogP contribution in [0.25, 0.3) is 0 Å². The Morgan fingerprint density at radius 3 is 3.00 bits per heavy atom. The molecule has 0 aliphatic carbocycles. The van der Waals surface area contributed by atoms with E-state index in [1.54, 1.807) is 12.1 Å². The van der Waals surface area contributed by atoms with Crippen molar-refractivity contribution in [3.63, 3.8) is 0 Å². The van der Waals surface area contributed by atoms with Gasteiger partial charge in [-0.05, 0) is 31.0 Å². The minimum Gasteiger partial charge on any atom is -0.469 e. The van der Waals surface area contributed by atoms with Crippen LogP contribution in [0.15, 0.2) is 18.2 Å². The smallest absolute Gasteiger partial charge is 0.310 e. The summed E-state index contributed by atoms with van der Waals surface area (Å²) in [5.41, 5.74) is 1.41. The third kappa shape index (κ3) is 2.99. The van der Waals surface area contributed by atoms with E-state index < -0.39 is 0 Å². The van der Waals surface area contributed by atoms with Crippen LogP contribution in [-0.2, 0) is 9.53 Å². The number of anilines is 1. The number of methoxy groups -OCH3 is 1. The molecule has 0 N–H and O–H groups in total. The number of hydrogen-bond donors (Lipinski definition) is 0. The summed E-state index contributed by atoms with van der Waals surface area (Å²) in [7, 11) is 1.42. The Bertz CT molecular complexity index is 525. The maximum absolute atomic E-state index is 11.6. The van der Waals surface area contributed by atoms with E-state index in [1.165, 1.54) is 7.11 Å². The van der Waals surface area contributed by atoms with E-state index in [-0.39, 0.29) is 11.9 Å². The van der Waals surface area contributed by atoms with Crippen LogP contribution in [0.5, 0.6) is 0 Å². The van der Waals surface area contributed by atoms with Crippen LogP contribution in [0.2, 0.25) is 5.02 Å². The van der Waals surface area contributed by atoms with E-state index in [0.717, 1.165) is 25.1 Å². The van der Waals surface area contributed by atoms with Gasteiger partial charge in [0.05, 0.1) is 23.6 Å². The predicted octanol–water partition coefficient (Wildman–Crippen LogP) is 2.60. The fraction of sp³-hybridized carbons (Fsp3) is 0.429. The van der Waals surface area contributed by atoms with Crippen LogP contribution in [-0.4, -0.2) is 26.2 Å². The highest BCUT2D eigenvalue weighted by Crippen LogP contribution is 2.27. The first-order valence-corrected chi connectivity index (χ1v) is 6.56. The maximum atomic E-state index is 11.6. The zero-order chi connectivity index (χ0) is 13.8. The summed E-state index contributed by atoms with van der Waals surface area (Å²) < 4.78 is 4.80. The molecule has 0 aromatic heterocycles. The van der Waals surface area contributed by atoms with Crippen molar-refractivity contribution in [3.8, 4) is 6.07 Å². The van der Waals surface area contributed by atoms with Crippen molar-refractivity contribution in [2.24, 2.45) is 5.92 Å². The van der Waals surface area contributed by atoms with E-state index >= 15 is 0 Å². The quantitative estimate of drug-likeness (QED) is 0.780. The lowest BCUT2D eigenvalue weighted by Crippen LogP contribution is -2.39. The second kappa shape index (κ2) is 5.94. The molecular weight excluding hydrogens is 264 g/mol. The molecule has 0 spiro atoms. The standard InChI is InChI=1S/C14H15ClN2O2/c1-19-14(18)11-3-2-6-17(9-11)12-5-4-10(8-16)13(15)7-12/h4-5,7,11H,2-3,6,9H2,1H3. The highest BCUT2D eigenvalue weighted by atomic mass is 35.5. The number of nitriles is 1. The number of hydrogen-bond acceptors (Lipinski definition) is 4. The van der Waals surface area contributed by atoms with Crippen LogP contribution < -0.4 is 4.90 Å². The van der Waals surface area contributed by atoms with Gasteiger partial charge >= 0.3 is 5.97 Å². The zero-order valence-corrected chi connectivity index (χ0v) is 11.5. The molecule has 5 heteroatoms. The number of carbonyl (C=O) groups excluding carboxylic acids is 1. The molecule has 1 aromatic carbocycles. The number of halogens is 1. The highest BCUT2D eigenvalue weighted by molar-refractivity contribution is 6.32. The number of esters is 1. The van der Waals surface area contributed by atoms with Crippen LogP contribution in [0, 0.1) is 17.2 Å². The largest absolute Gasteiger partial charge is 0.469 e. The molecule has 1 unspecified atom stereocenters. The molecule has 1 aliphatic rings. The van der Waals surface area contributed by atoms with Crippen molar-refractivity contribution in [2.45, 2.75) is 12.8 Å². The Morgan fingerprint density at radius 1 is 1.58 bits per heavy atom. The van der Waals surface area contributed by atoms with Gasteiger partial charge in [0.15, 0.2) is 0 Å². The number of nitrogens with zero attached hydrogens (tertiary/aromatic N) is 2. The monoisotopic (exact) mass is 278 g/mol. The molecule has 1 saturated heterocycles. The molecule has 1 heterocycles. The third-order valence-corrected chi connectivity index (χ3v) is 3.71. The molecule has 4 nitrogen and oxygen atoms in total. The van der Waals surface area contributed by atoms with Crippen molar-refractivity contribution in [1.82, 2.24) is 0 Å². The van der Waals surface area contributed by atoms with Crippen LogP contribution in [0.3, 0.4) is 0 Å². The lowest BCUT2D eigenvalue weighted by Gasteiger charge is -2.33. The Labute approximate surface area is 117 Å². The molecule has 1 atom stereocenters. The average molecular weight is 279 g/mol. The summed E-state index contributed by atoms with van der Waals surface area (Å²) in [6.45, 7) is 1.52. The van der Waals surface area contributed by atoms with Crippen molar-refractivity contribution in [3.05, 3.63) is 28.8 Å². The predicted molar refractivity (Wildman–Crippen MR) is 73.1 cm³/mol. The van der Waals surface area contributed by atoms with Gasteiger partial charge in [-0.3, -0.25) is 4.79 Å². The minimum atomic E-state index is -0.163. The van der Waals surface area contributed by atoms with E-state index in [1.807, 2.05) is 12.1 Å². The van der Waals surface area contributed by atoms with Crippen LogP contribution >= 0.6 is 11.6 Å². The summed E-state index contributed by atoms with van der Waals surface area (Å²) >= 11 is 6.03. The van der Waals surface area contributed by atoms with Crippen molar-refractivity contribution < 1.29 is 9.53 Å². The summed E-state index contributed by atoms with van der Waals surface area (Å²) in [5, 5.41) is 9.30. The van der Waals surface area contributed by atoms with Crippen molar-refractivity contribution >= 4 is 23.3 Å². The van der Waals surface area contributed by atoms with E-state index in [9.17, 15) is 4.79 Å². The molecule has 2 rings (SSSR count). The number of carbonyl (C=O) groups is 1. The first-order chi connectivity index (χ1) is 9.15. The molecule has 0 bridgehead atoms. The van der Waals surface area contributed by atoms with Crippen LogP contribution in [0.1, 0.15) is 18.4 Å². The first-order valence-electron chi connectivity index (χ1n) is 6.18. The number of piperidine rings is 1. The minimum absolute atomic E-state index is 0.0897. The fourth-order valence-electron chi connectivity index (χ4n) is 2.36. The Balaban J connectivity index is 2.16. The first kappa shape index (κ1) is 13.7. The molecule has 1 aliphatic heterocycles. The van der Waals surface area contributed by atoms with Crippen LogP contribution in [0.4, 0.5) is 5.69 Å². The zero-order valence-electron chi connectivity index (χ0n) is 10.7. The van der Waals surface area contributed by atoms with Gasteiger partial charge in [-0.15, -0.1) is 0 Å². The lowest BCUT2D eigenvalue weighted by atomic mass is 9.97. The van der Waals surface area contributed by atoms with Gasteiger partial charge in [0.2, 0.25) is 0 Å². The summed E-state index contributed by atoms with van der Waals surface area (Å²) in [6, 6.07) is 7.39. The molecule has 1 fully saturated rings. The van der Waals surface area contributed by atoms with Gasteiger partial charge in [0.25, 0.3) is 0 Å². The normalized spacial score (nSPS) is 18.8. The average Bonchev–Trinajstić information content (AvgIpc) is 2.46. The highest BCUT2D eigenvalue weighted by Gasteiger charge is 2.26. The van der Waals surface area contributed by atoms with E-state index in [0.29, 0.717) is 17.1 Å². The third-order valence-electron chi connectivity index (χ3n) is 3.39. The topological polar surface area (TPSA) is 53.3 Å². The summed E-state index contributed by atoms with van der Waals surface area (Å²) in [6.07, 6.45) is 1.80. The van der Waals surface area contributed by atoms with Gasteiger partial charge in [-0.1, -0.05) is 11.6 Å². The SMILES string of the molecule is COC(=O)C1CCCN(c2ccc(C#N)c(Cl)c2)C1. The molecule has 19 heavy (non-hydrogen) atoms. The number of ether oxygens (including phenoxy) is 1. The summed E-state index contributed by atoms with van der Waals surface area (Å²) in [5.74, 6) is -0.252. The molecule has 0 saturated carbocycles. The number of benzene rings is 1. The number of rotatable bonds is 2. The Kier molecular flexibility index (Phi) is 4.28. The second-order valence-electron chi connectivity index (χ2n) is 4.58. The molecule has 1 aromatic rings. The van der Waals surface area contributed by atoms with Gasteiger partial charge in [-0.2, -0.15) is 5.26 Å². The van der Waals surface area contributed by atoms with E-state index in [2.05, 4.69) is 4.90 Å². The fourth-order valence-corrected chi connectivity index (χ4v) is 2.58.